The molecule has 4 rings (SSSR count). The lowest BCUT2D eigenvalue weighted by molar-refractivity contribution is 0.485. The summed E-state index contributed by atoms with van der Waals surface area (Å²) in [6, 6.07) is 7.73. The van der Waals surface area contributed by atoms with E-state index in [0.717, 1.165) is 29.9 Å². The number of nitrogens with zero attached hydrogens (tertiary/aromatic N) is 6. The van der Waals surface area contributed by atoms with Crippen molar-refractivity contribution in [1.82, 2.24) is 25.0 Å². The summed E-state index contributed by atoms with van der Waals surface area (Å²) in [5.41, 5.74) is 0.875. The molecule has 1 aliphatic rings. The second-order valence-electron chi connectivity index (χ2n) is 5.77. The zero-order chi connectivity index (χ0) is 17.2. The summed E-state index contributed by atoms with van der Waals surface area (Å²) >= 11 is 7.95. The predicted octanol–water partition coefficient (Wildman–Crippen LogP) is 3.50. The molecule has 25 heavy (non-hydrogen) atoms. The molecule has 0 radical (unpaired) electrons. The molecule has 2 aromatic heterocycles. The molecule has 0 unspecified atom stereocenters. The Bertz CT molecular complexity index is 873. The molecule has 3 heterocycles. The minimum absolute atomic E-state index is 0.531. The molecule has 0 N–H and O–H groups in total. The molecular weight excluding hydrogens is 360 g/mol. The van der Waals surface area contributed by atoms with Crippen molar-refractivity contribution in [3.63, 3.8) is 0 Å². The van der Waals surface area contributed by atoms with Crippen LogP contribution in [-0.2, 0) is 5.75 Å². The summed E-state index contributed by atoms with van der Waals surface area (Å²) in [5.74, 6) is 2.48. The third-order valence-corrected chi connectivity index (χ3v) is 5.22. The number of benzene rings is 1. The highest BCUT2D eigenvalue weighted by Crippen LogP contribution is 2.32. The van der Waals surface area contributed by atoms with Gasteiger partial charge in [-0.15, -0.1) is 20.4 Å². The van der Waals surface area contributed by atoms with E-state index in [1.54, 1.807) is 6.92 Å². The standard InChI is InChI=1S/C16H17ClN6OS/c1-11-18-19-14(24-11)10-25-16-21-20-15(22-8-4-5-9-22)23(16)13-7-3-2-6-12(13)17/h2-3,6-7H,4-5,8-10H2,1H3. The fourth-order valence-corrected chi connectivity index (χ4v) is 3.84. The molecular formula is C16H17ClN6OS. The minimum atomic E-state index is 0.531. The summed E-state index contributed by atoms with van der Waals surface area (Å²) in [5, 5.41) is 18.1. The highest BCUT2D eigenvalue weighted by Gasteiger charge is 2.23. The number of rotatable bonds is 5. The summed E-state index contributed by atoms with van der Waals surface area (Å²) in [6.07, 6.45) is 2.33. The first-order valence-corrected chi connectivity index (χ1v) is 9.46. The predicted molar refractivity (Wildman–Crippen MR) is 96.4 cm³/mol. The average Bonchev–Trinajstić information content (AvgIpc) is 3.33. The molecule has 0 bridgehead atoms. The SMILES string of the molecule is Cc1nnc(CSc2nnc(N3CCCC3)n2-c2ccccc2Cl)o1. The van der Waals surface area contributed by atoms with Crippen LogP contribution in [0.1, 0.15) is 24.6 Å². The van der Waals surface area contributed by atoms with Gasteiger partial charge in [0.25, 0.3) is 0 Å². The third-order valence-electron chi connectivity index (χ3n) is 3.99. The van der Waals surface area contributed by atoms with Gasteiger partial charge in [-0.05, 0) is 25.0 Å². The van der Waals surface area contributed by atoms with Gasteiger partial charge in [-0.3, -0.25) is 4.57 Å². The monoisotopic (exact) mass is 376 g/mol. The van der Waals surface area contributed by atoms with Crippen molar-refractivity contribution in [2.75, 3.05) is 18.0 Å². The van der Waals surface area contributed by atoms with E-state index in [2.05, 4.69) is 25.3 Å². The van der Waals surface area contributed by atoms with Crippen LogP contribution in [0.3, 0.4) is 0 Å². The third kappa shape index (κ3) is 3.36. The molecule has 1 fully saturated rings. The van der Waals surface area contributed by atoms with Gasteiger partial charge in [0.15, 0.2) is 5.16 Å². The number of halogens is 1. The van der Waals surface area contributed by atoms with E-state index in [0.29, 0.717) is 22.6 Å². The van der Waals surface area contributed by atoms with Gasteiger partial charge in [-0.25, -0.2) is 0 Å². The fraction of sp³-hybridized carbons (Fsp3) is 0.375. The first-order valence-electron chi connectivity index (χ1n) is 8.09. The number of aryl methyl sites for hydroxylation is 1. The Hall–Kier alpha value is -2.06. The number of para-hydroxylation sites is 1. The van der Waals surface area contributed by atoms with E-state index in [-0.39, 0.29) is 0 Å². The molecule has 0 atom stereocenters. The van der Waals surface area contributed by atoms with Crippen molar-refractivity contribution in [2.24, 2.45) is 0 Å². The van der Waals surface area contributed by atoms with Crippen LogP contribution in [0.15, 0.2) is 33.8 Å². The maximum atomic E-state index is 6.44. The van der Waals surface area contributed by atoms with Crippen molar-refractivity contribution in [1.29, 1.82) is 0 Å². The van der Waals surface area contributed by atoms with Crippen LogP contribution >= 0.6 is 23.4 Å². The Morgan fingerprint density at radius 1 is 1.12 bits per heavy atom. The normalized spacial score (nSPS) is 14.4. The average molecular weight is 377 g/mol. The molecule has 130 valence electrons. The van der Waals surface area contributed by atoms with E-state index in [1.807, 2.05) is 28.8 Å². The van der Waals surface area contributed by atoms with Gasteiger partial charge in [0.2, 0.25) is 17.7 Å². The lowest BCUT2D eigenvalue weighted by Gasteiger charge is -2.18. The molecule has 9 heteroatoms. The van der Waals surface area contributed by atoms with Crippen LogP contribution in [-0.4, -0.2) is 38.1 Å². The summed E-state index contributed by atoms with van der Waals surface area (Å²) in [4.78, 5) is 2.25. The zero-order valence-electron chi connectivity index (χ0n) is 13.7. The maximum Gasteiger partial charge on any atom is 0.232 e. The first-order chi connectivity index (χ1) is 12.2. The van der Waals surface area contributed by atoms with Gasteiger partial charge in [-0.2, -0.15) is 0 Å². The van der Waals surface area contributed by atoms with Crippen LogP contribution in [0.4, 0.5) is 5.95 Å². The number of hydrogen-bond donors (Lipinski definition) is 0. The van der Waals surface area contributed by atoms with Crippen LogP contribution in [0.5, 0.6) is 0 Å². The van der Waals surface area contributed by atoms with Crippen molar-refractivity contribution >= 4 is 29.3 Å². The quantitative estimate of drug-likeness (QED) is 0.631. The largest absolute Gasteiger partial charge is 0.425 e. The van der Waals surface area contributed by atoms with Crippen LogP contribution in [0, 0.1) is 6.92 Å². The van der Waals surface area contributed by atoms with Crippen LogP contribution in [0.25, 0.3) is 5.69 Å². The highest BCUT2D eigenvalue weighted by molar-refractivity contribution is 7.98. The summed E-state index contributed by atoms with van der Waals surface area (Å²) < 4.78 is 7.46. The van der Waals surface area contributed by atoms with E-state index < -0.39 is 0 Å². The fourth-order valence-electron chi connectivity index (χ4n) is 2.84. The smallest absolute Gasteiger partial charge is 0.232 e. The van der Waals surface area contributed by atoms with E-state index in [1.165, 1.54) is 24.6 Å². The Morgan fingerprint density at radius 2 is 1.92 bits per heavy atom. The first kappa shape index (κ1) is 16.4. The second-order valence-corrected chi connectivity index (χ2v) is 7.12. The number of anilines is 1. The van der Waals surface area contributed by atoms with E-state index >= 15 is 0 Å². The van der Waals surface area contributed by atoms with Gasteiger partial charge in [-0.1, -0.05) is 35.5 Å². The number of aromatic nitrogens is 5. The number of thioether (sulfide) groups is 1. The number of hydrogen-bond acceptors (Lipinski definition) is 7. The van der Waals surface area contributed by atoms with Crippen molar-refractivity contribution in [3.05, 3.63) is 41.1 Å². The molecule has 1 saturated heterocycles. The van der Waals surface area contributed by atoms with Gasteiger partial charge in [0.05, 0.1) is 16.5 Å². The molecule has 3 aromatic rings. The maximum absolute atomic E-state index is 6.44. The van der Waals surface area contributed by atoms with E-state index in [9.17, 15) is 0 Å². The molecule has 0 amide bonds. The Kier molecular flexibility index (Phi) is 4.63. The Labute approximate surface area is 154 Å². The second kappa shape index (κ2) is 7.05. The highest BCUT2D eigenvalue weighted by atomic mass is 35.5. The van der Waals surface area contributed by atoms with Crippen molar-refractivity contribution < 1.29 is 4.42 Å². The Morgan fingerprint density at radius 3 is 2.64 bits per heavy atom. The van der Waals surface area contributed by atoms with Gasteiger partial charge in [0.1, 0.15) is 0 Å². The zero-order valence-corrected chi connectivity index (χ0v) is 15.3. The van der Waals surface area contributed by atoms with Gasteiger partial charge >= 0.3 is 0 Å². The summed E-state index contributed by atoms with van der Waals surface area (Å²) in [6.45, 7) is 3.74. The van der Waals surface area contributed by atoms with Crippen LogP contribution in [0.2, 0.25) is 5.02 Å². The van der Waals surface area contributed by atoms with Crippen molar-refractivity contribution in [2.45, 2.75) is 30.7 Å². The van der Waals surface area contributed by atoms with E-state index in [4.69, 9.17) is 16.0 Å². The topological polar surface area (TPSA) is 72.9 Å². The lowest BCUT2D eigenvalue weighted by Crippen LogP contribution is -2.22. The molecule has 0 saturated carbocycles. The van der Waals surface area contributed by atoms with Crippen LogP contribution < -0.4 is 4.90 Å². The van der Waals surface area contributed by atoms with Gasteiger partial charge in [0, 0.05) is 20.0 Å². The summed E-state index contributed by atoms with van der Waals surface area (Å²) in [7, 11) is 0. The minimum Gasteiger partial charge on any atom is -0.425 e. The molecule has 1 aliphatic heterocycles. The molecule has 0 aliphatic carbocycles. The molecule has 1 aromatic carbocycles. The molecule has 0 spiro atoms. The van der Waals surface area contributed by atoms with Gasteiger partial charge < -0.3 is 9.32 Å². The lowest BCUT2D eigenvalue weighted by atomic mass is 10.3. The van der Waals surface area contributed by atoms with Crippen molar-refractivity contribution in [3.8, 4) is 5.69 Å². The molecule has 7 nitrogen and oxygen atoms in total. The Balaban J connectivity index is 1.69.